The molecule has 0 spiro atoms. The third kappa shape index (κ3) is 1.99. The van der Waals surface area contributed by atoms with Crippen molar-refractivity contribution in [1.29, 1.82) is 0 Å². The molecule has 82 valence electrons. The molecular formula is C12H8ClF2N. The molecule has 2 rings (SSSR count). The summed E-state index contributed by atoms with van der Waals surface area (Å²) in [5.41, 5.74) is 6.51. The van der Waals surface area contributed by atoms with Crippen molar-refractivity contribution < 1.29 is 8.78 Å². The van der Waals surface area contributed by atoms with Crippen molar-refractivity contribution in [3.05, 3.63) is 53.1 Å². The first-order valence-electron chi connectivity index (χ1n) is 4.58. The van der Waals surface area contributed by atoms with Gasteiger partial charge in [0.25, 0.3) is 0 Å². The predicted molar refractivity (Wildman–Crippen MR) is 61.2 cm³/mol. The van der Waals surface area contributed by atoms with Crippen molar-refractivity contribution in [3.8, 4) is 11.1 Å². The maximum absolute atomic E-state index is 13.6. The first kappa shape index (κ1) is 10.9. The molecule has 0 aliphatic heterocycles. The first-order chi connectivity index (χ1) is 7.58. The Bertz CT molecular complexity index is 541. The Morgan fingerprint density at radius 1 is 1.06 bits per heavy atom. The second-order valence-corrected chi connectivity index (χ2v) is 3.77. The molecule has 0 fully saturated rings. The van der Waals surface area contributed by atoms with E-state index in [2.05, 4.69) is 0 Å². The third-order valence-electron chi connectivity index (χ3n) is 2.22. The van der Waals surface area contributed by atoms with Crippen molar-refractivity contribution in [2.24, 2.45) is 0 Å². The highest BCUT2D eigenvalue weighted by Crippen LogP contribution is 2.30. The summed E-state index contributed by atoms with van der Waals surface area (Å²) in [4.78, 5) is 0. The molecule has 0 aromatic heterocycles. The van der Waals surface area contributed by atoms with E-state index in [4.69, 9.17) is 17.3 Å². The number of benzene rings is 2. The van der Waals surface area contributed by atoms with Crippen molar-refractivity contribution in [3.63, 3.8) is 0 Å². The SMILES string of the molecule is Nc1cc(-c2cccc(F)c2)c(F)cc1Cl. The van der Waals surface area contributed by atoms with Crippen LogP contribution in [0.5, 0.6) is 0 Å². The maximum atomic E-state index is 13.6. The van der Waals surface area contributed by atoms with E-state index in [1.165, 1.54) is 24.3 Å². The highest BCUT2D eigenvalue weighted by Gasteiger charge is 2.09. The van der Waals surface area contributed by atoms with Gasteiger partial charge in [0.2, 0.25) is 0 Å². The summed E-state index contributed by atoms with van der Waals surface area (Å²) >= 11 is 5.67. The molecule has 0 saturated heterocycles. The van der Waals surface area contributed by atoms with E-state index >= 15 is 0 Å². The lowest BCUT2D eigenvalue weighted by Gasteiger charge is -2.06. The highest BCUT2D eigenvalue weighted by atomic mass is 35.5. The van der Waals surface area contributed by atoms with Crippen molar-refractivity contribution in [2.75, 3.05) is 5.73 Å². The van der Waals surface area contributed by atoms with Gasteiger partial charge in [0.15, 0.2) is 0 Å². The normalized spacial score (nSPS) is 10.4. The van der Waals surface area contributed by atoms with Crippen molar-refractivity contribution in [2.45, 2.75) is 0 Å². The van der Waals surface area contributed by atoms with Crippen LogP contribution in [0.4, 0.5) is 14.5 Å². The van der Waals surface area contributed by atoms with Crippen LogP contribution in [0.1, 0.15) is 0 Å². The van der Waals surface area contributed by atoms with E-state index < -0.39 is 11.6 Å². The number of hydrogen-bond donors (Lipinski definition) is 1. The fourth-order valence-electron chi connectivity index (χ4n) is 1.44. The van der Waals surface area contributed by atoms with Crippen LogP contribution in [0, 0.1) is 11.6 Å². The zero-order chi connectivity index (χ0) is 11.7. The molecule has 0 atom stereocenters. The van der Waals surface area contributed by atoms with Gasteiger partial charge in [-0.1, -0.05) is 23.7 Å². The molecule has 2 aromatic rings. The number of rotatable bonds is 1. The third-order valence-corrected chi connectivity index (χ3v) is 2.55. The van der Waals surface area contributed by atoms with Gasteiger partial charge >= 0.3 is 0 Å². The summed E-state index contributed by atoms with van der Waals surface area (Å²) < 4.78 is 26.6. The van der Waals surface area contributed by atoms with E-state index in [1.54, 1.807) is 6.07 Å². The molecule has 0 amide bonds. The van der Waals surface area contributed by atoms with Crippen LogP contribution < -0.4 is 5.73 Å². The van der Waals surface area contributed by atoms with E-state index in [0.29, 0.717) is 5.56 Å². The van der Waals surface area contributed by atoms with E-state index in [-0.39, 0.29) is 16.3 Å². The van der Waals surface area contributed by atoms with Crippen LogP contribution in [0.25, 0.3) is 11.1 Å². The van der Waals surface area contributed by atoms with Gasteiger partial charge in [-0.2, -0.15) is 0 Å². The lowest BCUT2D eigenvalue weighted by atomic mass is 10.0. The van der Waals surface area contributed by atoms with Gasteiger partial charge in [-0.25, -0.2) is 8.78 Å². The van der Waals surface area contributed by atoms with Crippen LogP contribution >= 0.6 is 11.6 Å². The number of hydrogen-bond acceptors (Lipinski definition) is 1. The Labute approximate surface area is 96.5 Å². The molecule has 0 saturated carbocycles. The number of nitrogens with two attached hydrogens (primary N) is 1. The lowest BCUT2D eigenvalue weighted by molar-refractivity contribution is 0.625. The van der Waals surface area contributed by atoms with Crippen molar-refractivity contribution >= 4 is 17.3 Å². The second kappa shape index (κ2) is 4.10. The average Bonchev–Trinajstić information content (AvgIpc) is 2.23. The molecule has 0 heterocycles. The smallest absolute Gasteiger partial charge is 0.132 e. The van der Waals surface area contributed by atoms with E-state index in [1.807, 2.05) is 0 Å². The van der Waals surface area contributed by atoms with Gasteiger partial charge in [-0.3, -0.25) is 0 Å². The molecule has 0 radical (unpaired) electrons. The average molecular weight is 240 g/mol. The molecule has 2 aromatic carbocycles. The zero-order valence-corrected chi connectivity index (χ0v) is 8.93. The van der Waals surface area contributed by atoms with Crippen LogP contribution in [-0.2, 0) is 0 Å². The highest BCUT2D eigenvalue weighted by molar-refractivity contribution is 6.33. The topological polar surface area (TPSA) is 26.0 Å². The molecule has 0 aliphatic carbocycles. The van der Waals surface area contributed by atoms with Crippen LogP contribution in [0.15, 0.2) is 36.4 Å². The van der Waals surface area contributed by atoms with Crippen molar-refractivity contribution in [1.82, 2.24) is 0 Å². The van der Waals surface area contributed by atoms with Gasteiger partial charge in [-0.05, 0) is 29.8 Å². The first-order valence-corrected chi connectivity index (χ1v) is 4.96. The minimum Gasteiger partial charge on any atom is -0.398 e. The predicted octanol–water partition coefficient (Wildman–Crippen LogP) is 3.87. The molecule has 0 bridgehead atoms. The number of nitrogen functional groups attached to an aromatic ring is 1. The molecule has 1 nitrogen and oxygen atoms in total. The molecule has 2 N–H and O–H groups in total. The van der Waals surface area contributed by atoms with Gasteiger partial charge in [0, 0.05) is 5.56 Å². The molecular weight excluding hydrogens is 232 g/mol. The number of anilines is 1. The Morgan fingerprint density at radius 3 is 2.50 bits per heavy atom. The lowest BCUT2D eigenvalue weighted by Crippen LogP contribution is -1.91. The zero-order valence-electron chi connectivity index (χ0n) is 8.18. The summed E-state index contributed by atoms with van der Waals surface area (Å²) in [6.07, 6.45) is 0. The van der Waals surface area contributed by atoms with Crippen LogP contribution in [0.3, 0.4) is 0 Å². The fourth-order valence-corrected chi connectivity index (χ4v) is 1.59. The minimum atomic E-state index is -0.523. The Hall–Kier alpha value is -1.61. The standard InChI is InChI=1S/C12H8ClF2N/c13-10-6-11(15)9(5-12(10)16)7-2-1-3-8(14)4-7/h1-6H,16H2. The Balaban J connectivity index is 2.60. The fraction of sp³-hybridized carbons (Fsp3) is 0. The van der Waals surface area contributed by atoms with E-state index in [9.17, 15) is 8.78 Å². The van der Waals surface area contributed by atoms with E-state index in [0.717, 1.165) is 6.07 Å². The minimum absolute atomic E-state index is 0.151. The molecule has 4 heteroatoms. The molecule has 0 aliphatic rings. The Morgan fingerprint density at radius 2 is 1.81 bits per heavy atom. The number of halogens is 3. The summed E-state index contributed by atoms with van der Waals surface area (Å²) in [6, 6.07) is 8.17. The monoisotopic (exact) mass is 239 g/mol. The second-order valence-electron chi connectivity index (χ2n) is 3.36. The Kier molecular flexibility index (Phi) is 2.79. The van der Waals surface area contributed by atoms with Crippen LogP contribution in [0.2, 0.25) is 5.02 Å². The van der Waals surface area contributed by atoms with Gasteiger partial charge in [-0.15, -0.1) is 0 Å². The van der Waals surface area contributed by atoms with Gasteiger partial charge in [0.05, 0.1) is 10.7 Å². The van der Waals surface area contributed by atoms with Gasteiger partial charge in [0.1, 0.15) is 11.6 Å². The summed E-state index contributed by atoms with van der Waals surface area (Å²) in [7, 11) is 0. The summed E-state index contributed by atoms with van der Waals surface area (Å²) in [6.45, 7) is 0. The maximum Gasteiger partial charge on any atom is 0.132 e. The summed E-state index contributed by atoms with van der Waals surface area (Å²) in [5, 5.41) is 0.151. The quantitative estimate of drug-likeness (QED) is 0.751. The van der Waals surface area contributed by atoms with Crippen LogP contribution in [-0.4, -0.2) is 0 Å². The molecule has 16 heavy (non-hydrogen) atoms. The molecule has 0 unspecified atom stereocenters. The van der Waals surface area contributed by atoms with Gasteiger partial charge < -0.3 is 5.73 Å². The largest absolute Gasteiger partial charge is 0.398 e. The summed E-state index contributed by atoms with van der Waals surface area (Å²) in [5.74, 6) is -0.949.